The van der Waals surface area contributed by atoms with Crippen LogP contribution in [0.4, 0.5) is 4.39 Å². The molecule has 96 valence electrons. The minimum Gasteiger partial charge on any atom is -0.473 e. The Kier molecular flexibility index (Phi) is 3.60. The number of rotatable bonds is 3. The van der Waals surface area contributed by atoms with Gasteiger partial charge in [-0.2, -0.15) is 0 Å². The second-order valence-corrected chi connectivity index (χ2v) is 4.01. The van der Waals surface area contributed by atoms with E-state index in [0.29, 0.717) is 5.56 Å². The molecule has 0 bridgehead atoms. The van der Waals surface area contributed by atoms with Gasteiger partial charge in [-0.25, -0.2) is 14.2 Å². The van der Waals surface area contributed by atoms with E-state index in [2.05, 4.69) is 4.99 Å². The van der Waals surface area contributed by atoms with E-state index in [-0.39, 0.29) is 12.4 Å². The molecule has 0 saturated heterocycles. The lowest BCUT2D eigenvalue weighted by atomic mass is 9.98. The number of carbonyl (C=O) groups excluding carboxylic acids is 1. The van der Waals surface area contributed by atoms with Gasteiger partial charge in [0.25, 0.3) is 0 Å². The zero-order valence-corrected chi connectivity index (χ0v) is 10.2. The molecule has 0 amide bonds. The fourth-order valence-corrected chi connectivity index (χ4v) is 1.89. The Morgan fingerprint density at radius 1 is 1.56 bits per heavy atom. The molecule has 4 nitrogen and oxygen atoms in total. The molecule has 5 heteroatoms. The minimum absolute atomic E-state index is 0.277. The summed E-state index contributed by atoms with van der Waals surface area (Å²) in [5.41, 5.74) is 1.46. The van der Waals surface area contributed by atoms with Crippen molar-refractivity contribution in [2.45, 2.75) is 26.0 Å². The van der Waals surface area contributed by atoms with Crippen LogP contribution >= 0.6 is 0 Å². The average molecular weight is 251 g/mol. The molecule has 1 aromatic rings. The van der Waals surface area contributed by atoms with E-state index in [1.165, 1.54) is 18.5 Å². The molecule has 2 rings (SSSR count). The Morgan fingerprint density at radius 3 is 3.06 bits per heavy atom. The van der Waals surface area contributed by atoms with Gasteiger partial charge < -0.3 is 9.47 Å². The van der Waals surface area contributed by atoms with E-state index in [9.17, 15) is 9.18 Å². The van der Waals surface area contributed by atoms with Crippen molar-refractivity contribution < 1.29 is 18.7 Å². The standard InChI is InChI=1S/C13H14FNO3/c1-3-17-13(16)11-12(18-7-15-11)10-6-9(14)5-4-8(10)2/h4-7,11-12H,3H2,1-2H3. The first-order valence-corrected chi connectivity index (χ1v) is 5.73. The Bertz CT molecular complexity index is 487. The van der Waals surface area contributed by atoms with Crippen molar-refractivity contribution in [1.29, 1.82) is 0 Å². The third kappa shape index (κ3) is 2.34. The average Bonchev–Trinajstić information content (AvgIpc) is 2.81. The summed E-state index contributed by atoms with van der Waals surface area (Å²) in [6, 6.07) is 3.62. The fraction of sp³-hybridized carbons (Fsp3) is 0.385. The molecule has 0 aliphatic carbocycles. The second-order valence-electron chi connectivity index (χ2n) is 4.01. The number of hydrogen-bond donors (Lipinski definition) is 0. The van der Waals surface area contributed by atoms with E-state index < -0.39 is 18.1 Å². The normalized spacial score (nSPS) is 21.7. The number of nitrogens with zero attached hydrogens (tertiary/aromatic N) is 1. The maximum absolute atomic E-state index is 13.3. The predicted molar refractivity (Wildman–Crippen MR) is 63.9 cm³/mol. The summed E-state index contributed by atoms with van der Waals surface area (Å²) in [7, 11) is 0. The van der Waals surface area contributed by atoms with Gasteiger partial charge in [0.2, 0.25) is 0 Å². The molecule has 0 spiro atoms. The quantitative estimate of drug-likeness (QED) is 0.773. The van der Waals surface area contributed by atoms with E-state index in [0.717, 1.165) is 5.56 Å². The second kappa shape index (κ2) is 5.16. The van der Waals surface area contributed by atoms with Gasteiger partial charge in [0.05, 0.1) is 6.61 Å². The van der Waals surface area contributed by atoms with Crippen LogP contribution in [0.15, 0.2) is 23.2 Å². The Balaban J connectivity index is 2.27. The first kappa shape index (κ1) is 12.5. The summed E-state index contributed by atoms with van der Waals surface area (Å²) in [6.45, 7) is 3.83. The summed E-state index contributed by atoms with van der Waals surface area (Å²) in [5, 5.41) is 0. The monoisotopic (exact) mass is 251 g/mol. The lowest BCUT2D eigenvalue weighted by Gasteiger charge is -2.18. The van der Waals surface area contributed by atoms with Crippen LogP contribution in [-0.2, 0) is 14.3 Å². The summed E-state index contributed by atoms with van der Waals surface area (Å²) in [6.07, 6.45) is 0.608. The van der Waals surface area contributed by atoms with Gasteiger partial charge in [0, 0.05) is 5.56 Å². The minimum atomic E-state index is -0.759. The van der Waals surface area contributed by atoms with Crippen LogP contribution in [0.25, 0.3) is 0 Å². The number of benzene rings is 1. The largest absolute Gasteiger partial charge is 0.473 e. The van der Waals surface area contributed by atoms with Gasteiger partial charge >= 0.3 is 5.97 Å². The van der Waals surface area contributed by atoms with Crippen LogP contribution in [0.5, 0.6) is 0 Å². The number of halogens is 1. The SMILES string of the molecule is CCOC(=O)C1N=COC1c1cc(F)ccc1C. The van der Waals surface area contributed by atoms with Crippen LogP contribution in [0.1, 0.15) is 24.2 Å². The fourth-order valence-electron chi connectivity index (χ4n) is 1.89. The molecule has 1 heterocycles. The van der Waals surface area contributed by atoms with Gasteiger partial charge in [0.1, 0.15) is 5.82 Å². The number of hydrogen-bond acceptors (Lipinski definition) is 4. The number of aryl methyl sites for hydroxylation is 1. The molecule has 2 atom stereocenters. The number of esters is 1. The van der Waals surface area contributed by atoms with E-state index in [1.54, 1.807) is 13.0 Å². The highest BCUT2D eigenvalue weighted by atomic mass is 19.1. The molecule has 0 saturated carbocycles. The van der Waals surface area contributed by atoms with Crippen LogP contribution in [0.2, 0.25) is 0 Å². The highest BCUT2D eigenvalue weighted by Gasteiger charge is 2.36. The molecule has 1 aromatic carbocycles. The van der Waals surface area contributed by atoms with Crippen molar-refractivity contribution in [2.75, 3.05) is 6.61 Å². The van der Waals surface area contributed by atoms with E-state index in [1.807, 2.05) is 6.92 Å². The van der Waals surface area contributed by atoms with Crippen molar-refractivity contribution in [1.82, 2.24) is 0 Å². The van der Waals surface area contributed by atoms with Crippen molar-refractivity contribution in [3.8, 4) is 0 Å². The lowest BCUT2D eigenvalue weighted by molar-refractivity contribution is -0.146. The van der Waals surface area contributed by atoms with Crippen LogP contribution in [0.3, 0.4) is 0 Å². The summed E-state index contributed by atoms with van der Waals surface area (Å²) in [4.78, 5) is 15.7. The van der Waals surface area contributed by atoms with Crippen LogP contribution in [-0.4, -0.2) is 25.0 Å². The molecule has 0 aromatic heterocycles. The lowest BCUT2D eigenvalue weighted by Crippen LogP contribution is -2.26. The summed E-state index contributed by atoms with van der Waals surface area (Å²) < 4.78 is 23.5. The molecule has 0 N–H and O–H groups in total. The zero-order chi connectivity index (χ0) is 13.1. The van der Waals surface area contributed by atoms with Crippen molar-refractivity contribution >= 4 is 12.4 Å². The highest BCUT2D eigenvalue weighted by Crippen LogP contribution is 2.30. The van der Waals surface area contributed by atoms with Gasteiger partial charge in [-0.3, -0.25) is 0 Å². The number of aliphatic imine (C=N–C) groups is 1. The van der Waals surface area contributed by atoms with Gasteiger partial charge in [-0.15, -0.1) is 0 Å². The maximum Gasteiger partial charge on any atom is 0.335 e. The van der Waals surface area contributed by atoms with Crippen molar-refractivity contribution in [3.05, 3.63) is 35.1 Å². The first-order chi connectivity index (χ1) is 8.63. The van der Waals surface area contributed by atoms with Crippen molar-refractivity contribution in [2.24, 2.45) is 4.99 Å². The molecule has 0 fully saturated rings. The van der Waals surface area contributed by atoms with Crippen molar-refractivity contribution in [3.63, 3.8) is 0 Å². The Labute approximate surface area is 104 Å². The van der Waals surface area contributed by atoms with Crippen LogP contribution < -0.4 is 0 Å². The molecular weight excluding hydrogens is 237 g/mol. The van der Waals surface area contributed by atoms with Crippen LogP contribution in [0, 0.1) is 12.7 Å². The van der Waals surface area contributed by atoms with E-state index in [4.69, 9.17) is 9.47 Å². The molecule has 1 aliphatic rings. The first-order valence-electron chi connectivity index (χ1n) is 5.73. The zero-order valence-electron chi connectivity index (χ0n) is 10.2. The molecule has 2 unspecified atom stereocenters. The molecule has 18 heavy (non-hydrogen) atoms. The number of ether oxygens (including phenoxy) is 2. The summed E-state index contributed by atoms with van der Waals surface area (Å²) in [5.74, 6) is -0.825. The maximum atomic E-state index is 13.3. The molecular formula is C13H14FNO3. The predicted octanol–water partition coefficient (Wildman–Crippen LogP) is 2.17. The van der Waals surface area contributed by atoms with Gasteiger partial charge in [-0.1, -0.05) is 6.07 Å². The third-order valence-corrected chi connectivity index (χ3v) is 2.79. The van der Waals surface area contributed by atoms with Gasteiger partial charge in [-0.05, 0) is 31.5 Å². The topological polar surface area (TPSA) is 47.9 Å². The number of carbonyl (C=O) groups is 1. The smallest absolute Gasteiger partial charge is 0.335 e. The Hall–Kier alpha value is -1.91. The summed E-state index contributed by atoms with van der Waals surface area (Å²) >= 11 is 0. The molecule has 1 aliphatic heterocycles. The Morgan fingerprint density at radius 2 is 2.33 bits per heavy atom. The molecule has 0 radical (unpaired) electrons. The highest BCUT2D eigenvalue weighted by molar-refractivity contribution is 5.80. The third-order valence-electron chi connectivity index (χ3n) is 2.79. The van der Waals surface area contributed by atoms with Gasteiger partial charge in [0.15, 0.2) is 18.5 Å². The van der Waals surface area contributed by atoms with E-state index >= 15 is 0 Å².